The lowest BCUT2D eigenvalue weighted by molar-refractivity contribution is -0.137. The van der Waals surface area contributed by atoms with Crippen LogP contribution in [0.5, 0.6) is 5.75 Å². The first kappa shape index (κ1) is 17.9. The molecular weight excluding hydrogens is 329 g/mol. The lowest BCUT2D eigenvalue weighted by atomic mass is 10.2. The number of halogens is 3. The Morgan fingerprint density at radius 1 is 1.33 bits per heavy atom. The van der Waals surface area contributed by atoms with E-state index in [1.54, 1.807) is 20.8 Å². The molecule has 0 radical (unpaired) electrons. The fourth-order valence-electron chi connectivity index (χ4n) is 1.96. The van der Waals surface area contributed by atoms with E-state index in [1.807, 2.05) is 0 Å². The number of fused-ring (bicyclic) bond motifs is 1. The second-order valence-corrected chi connectivity index (χ2v) is 6.21. The maximum Gasteiger partial charge on any atom is 0.416 e. The Hall–Kier alpha value is -2.45. The van der Waals surface area contributed by atoms with Gasteiger partial charge in [0.15, 0.2) is 0 Å². The average Bonchev–Trinajstić information content (AvgIpc) is 2.55. The van der Waals surface area contributed by atoms with Gasteiger partial charge in [-0.3, -0.25) is 4.79 Å². The molecule has 0 spiro atoms. The molecule has 1 heterocycles. The number of hydrogen-bond donors (Lipinski definition) is 2. The van der Waals surface area contributed by atoms with E-state index in [4.69, 9.17) is 9.47 Å². The van der Waals surface area contributed by atoms with Crippen LogP contribution in [-0.2, 0) is 15.7 Å². The number of ether oxygens (including phenoxy) is 2. The second kappa shape index (κ2) is 6.21. The highest BCUT2D eigenvalue weighted by molar-refractivity contribution is 5.98. The predicted molar refractivity (Wildman–Crippen MR) is 78.7 cm³/mol. The van der Waals surface area contributed by atoms with Crippen molar-refractivity contribution in [2.75, 3.05) is 11.9 Å². The van der Waals surface area contributed by atoms with Gasteiger partial charge in [-0.15, -0.1) is 0 Å². The molecule has 2 N–H and O–H groups in total. The molecule has 0 fully saturated rings. The summed E-state index contributed by atoms with van der Waals surface area (Å²) in [4.78, 5) is 23.8. The highest BCUT2D eigenvalue weighted by Crippen LogP contribution is 2.35. The first-order valence-electron chi connectivity index (χ1n) is 7.10. The second-order valence-electron chi connectivity index (χ2n) is 6.21. The summed E-state index contributed by atoms with van der Waals surface area (Å²) in [6.07, 6.45) is -5.37. The molecule has 1 aliphatic rings. The summed E-state index contributed by atoms with van der Waals surface area (Å²) in [6, 6.07) is 1.66. The number of carbonyl (C=O) groups is 2. The minimum Gasteiger partial charge on any atom is -0.489 e. The predicted octanol–water partition coefficient (Wildman–Crippen LogP) is 2.93. The molecule has 2 amide bonds. The van der Waals surface area contributed by atoms with Crippen LogP contribution < -0.4 is 15.4 Å². The molecule has 0 aromatic heterocycles. The minimum absolute atomic E-state index is 0.0878. The van der Waals surface area contributed by atoms with Crippen LogP contribution in [-0.4, -0.2) is 30.3 Å². The summed E-state index contributed by atoms with van der Waals surface area (Å²) in [5, 5.41) is 4.64. The van der Waals surface area contributed by atoms with Gasteiger partial charge in [-0.2, -0.15) is 13.2 Å². The van der Waals surface area contributed by atoms with Crippen molar-refractivity contribution in [3.63, 3.8) is 0 Å². The molecule has 0 saturated carbocycles. The fourth-order valence-corrected chi connectivity index (χ4v) is 1.96. The van der Waals surface area contributed by atoms with Crippen molar-refractivity contribution in [2.45, 2.75) is 38.6 Å². The van der Waals surface area contributed by atoms with Crippen LogP contribution in [0.15, 0.2) is 18.2 Å². The topological polar surface area (TPSA) is 76.7 Å². The number of amides is 2. The zero-order valence-electron chi connectivity index (χ0n) is 13.3. The molecule has 0 aliphatic carbocycles. The Labute approximate surface area is 136 Å². The third-order valence-electron chi connectivity index (χ3n) is 2.98. The van der Waals surface area contributed by atoms with E-state index in [9.17, 15) is 22.8 Å². The highest BCUT2D eigenvalue weighted by Gasteiger charge is 2.33. The average molecular weight is 346 g/mol. The maximum absolute atomic E-state index is 12.7. The molecule has 9 heteroatoms. The number of alkyl halides is 3. The quantitative estimate of drug-likeness (QED) is 0.820. The number of hydrogen-bond acceptors (Lipinski definition) is 4. The van der Waals surface area contributed by atoms with Gasteiger partial charge >= 0.3 is 12.3 Å². The summed E-state index contributed by atoms with van der Waals surface area (Å²) in [5.41, 5.74) is -1.77. The third kappa shape index (κ3) is 4.53. The molecular formula is C15H17F3N2O4. The first-order chi connectivity index (χ1) is 11.0. The molecule has 132 valence electrons. The van der Waals surface area contributed by atoms with Crippen LogP contribution in [0.2, 0.25) is 0 Å². The van der Waals surface area contributed by atoms with Crippen LogP contribution in [0.25, 0.3) is 0 Å². The van der Waals surface area contributed by atoms with E-state index in [0.29, 0.717) is 0 Å². The van der Waals surface area contributed by atoms with E-state index < -0.39 is 35.4 Å². The SMILES string of the molecule is CC(C)(C)OC(=O)N[C@H]1COc2ccc(C(F)(F)F)cc2NC1=O. The largest absolute Gasteiger partial charge is 0.489 e. The minimum atomic E-state index is -4.54. The number of rotatable bonds is 1. The molecule has 1 atom stereocenters. The van der Waals surface area contributed by atoms with Crippen LogP contribution in [0.1, 0.15) is 26.3 Å². The monoisotopic (exact) mass is 346 g/mol. The molecule has 2 rings (SSSR count). The summed E-state index contributed by atoms with van der Waals surface area (Å²) < 4.78 is 48.6. The third-order valence-corrected chi connectivity index (χ3v) is 2.98. The number of carbonyl (C=O) groups excluding carboxylic acids is 2. The zero-order chi connectivity index (χ0) is 18.1. The van der Waals surface area contributed by atoms with Crippen molar-refractivity contribution < 1.29 is 32.2 Å². The molecule has 0 bridgehead atoms. The Kier molecular flexibility index (Phi) is 4.63. The molecule has 1 aliphatic heterocycles. The smallest absolute Gasteiger partial charge is 0.416 e. The van der Waals surface area contributed by atoms with E-state index in [-0.39, 0.29) is 18.0 Å². The maximum atomic E-state index is 12.7. The molecule has 24 heavy (non-hydrogen) atoms. The Balaban J connectivity index is 2.12. The first-order valence-corrected chi connectivity index (χ1v) is 7.10. The molecule has 1 aromatic rings. The van der Waals surface area contributed by atoms with Gasteiger partial charge in [0.1, 0.15) is 24.0 Å². The summed E-state index contributed by atoms with van der Waals surface area (Å²) in [7, 11) is 0. The van der Waals surface area contributed by atoms with E-state index in [1.165, 1.54) is 0 Å². The van der Waals surface area contributed by atoms with Crippen molar-refractivity contribution in [1.82, 2.24) is 5.32 Å². The summed E-state index contributed by atoms with van der Waals surface area (Å²) in [6.45, 7) is 4.74. The van der Waals surface area contributed by atoms with Crippen LogP contribution in [0.3, 0.4) is 0 Å². The lowest BCUT2D eigenvalue weighted by Gasteiger charge is -2.22. The van der Waals surface area contributed by atoms with Crippen LogP contribution in [0, 0.1) is 0 Å². The van der Waals surface area contributed by atoms with Crippen molar-refractivity contribution in [3.05, 3.63) is 23.8 Å². The van der Waals surface area contributed by atoms with Gasteiger partial charge < -0.3 is 20.1 Å². The van der Waals surface area contributed by atoms with Crippen LogP contribution in [0.4, 0.5) is 23.7 Å². The molecule has 0 saturated heterocycles. The van der Waals surface area contributed by atoms with Gasteiger partial charge in [-0.05, 0) is 39.0 Å². The van der Waals surface area contributed by atoms with E-state index in [0.717, 1.165) is 18.2 Å². The number of anilines is 1. The van der Waals surface area contributed by atoms with Gasteiger partial charge in [-0.25, -0.2) is 4.79 Å². The highest BCUT2D eigenvalue weighted by atomic mass is 19.4. The zero-order valence-corrected chi connectivity index (χ0v) is 13.3. The van der Waals surface area contributed by atoms with Gasteiger partial charge in [0.05, 0.1) is 11.3 Å². The summed E-state index contributed by atoms with van der Waals surface area (Å²) in [5.74, 6) is -0.608. The molecule has 0 unspecified atom stereocenters. The molecule has 1 aromatic carbocycles. The number of benzene rings is 1. The molecule has 6 nitrogen and oxygen atoms in total. The van der Waals surface area contributed by atoms with Crippen molar-refractivity contribution in [2.24, 2.45) is 0 Å². The van der Waals surface area contributed by atoms with Crippen LogP contribution >= 0.6 is 0 Å². The van der Waals surface area contributed by atoms with Gasteiger partial charge in [0.2, 0.25) is 0 Å². The Morgan fingerprint density at radius 3 is 2.58 bits per heavy atom. The fraction of sp³-hybridized carbons (Fsp3) is 0.467. The number of nitrogens with one attached hydrogen (secondary N) is 2. The Morgan fingerprint density at radius 2 is 2.00 bits per heavy atom. The van der Waals surface area contributed by atoms with Crippen molar-refractivity contribution in [1.29, 1.82) is 0 Å². The lowest BCUT2D eigenvalue weighted by Crippen LogP contribution is -2.48. The van der Waals surface area contributed by atoms with Gasteiger partial charge in [0.25, 0.3) is 5.91 Å². The standard InChI is InChI=1S/C15H17F3N2O4/c1-14(2,3)24-13(22)20-10-7-23-11-5-4-8(15(16,17)18)6-9(11)19-12(10)21/h4-6,10H,7H2,1-3H3,(H,19,21)(H,20,22)/t10-/m0/s1. The van der Waals surface area contributed by atoms with E-state index >= 15 is 0 Å². The normalized spacial score (nSPS) is 17.9. The van der Waals surface area contributed by atoms with E-state index in [2.05, 4.69) is 10.6 Å². The summed E-state index contributed by atoms with van der Waals surface area (Å²) >= 11 is 0. The van der Waals surface area contributed by atoms with Crippen molar-refractivity contribution in [3.8, 4) is 5.75 Å². The van der Waals surface area contributed by atoms with Gasteiger partial charge in [-0.1, -0.05) is 0 Å². The van der Waals surface area contributed by atoms with Gasteiger partial charge in [0, 0.05) is 0 Å². The van der Waals surface area contributed by atoms with Crippen molar-refractivity contribution >= 4 is 17.7 Å². The Bertz CT molecular complexity index is 653. The number of alkyl carbamates (subject to hydrolysis) is 1.